The molecular formula is C28H29Cl2FN4O3. The molecule has 0 saturated carbocycles. The number of rotatable bonds is 4. The summed E-state index contributed by atoms with van der Waals surface area (Å²) in [4.78, 5) is 43.7. The summed E-state index contributed by atoms with van der Waals surface area (Å²) in [7, 11) is 1.66. The Morgan fingerprint density at radius 2 is 1.68 bits per heavy atom. The van der Waals surface area contributed by atoms with E-state index in [4.69, 9.17) is 23.2 Å². The Hall–Kier alpha value is -3.15. The van der Waals surface area contributed by atoms with E-state index in [-0.39, 0.29) is 40.8 Å². The second-order valence-corrected chi connectivity index (χ2v) is 10.8. The van der Waals surface area contributed by atoms with Crippen LogP contribution >= 0.6 is 23.2 Å². The fourth-order valence-electron chi connectivity index (χ4n) is 5.51. The maximum atomic E-state index is 14.1. The number of hydrogen-bond donors (Lipinski definition) is 0. The van der Waals surface area contributed by atoms with E-state index in [2.05, 4.69) is 0 Å². The molecule has 2 aromatic rings. The van der Waals surface area contributed by atoms with Crippen molar-refractivity contribution in [3.8, 4) is 6.07 Å². The molecule has 2 atom stereocenters. The van der Waals surface area contributed by atoms with E-state index in [1.807, 2.05) is 17.0 Å². The van der Waals surface area contributed by atoms with E-state index < -0.39 is 11.7 Å². The van der Waals surface area contributed by atoms with Gasteiger partial charge in [0.05, 0.1) is 21.7 Å². The molecule has 0 radical (unpaired) electrons. The number of carbonyl (C=O) groups is 3. The van der Waals surface area contributed by atoms with Gasteiger partial charge in [0.2, 0.25) is 11.8 Å². The molecule has 2 fully saturated rings. The van der Waals surface area contributed by atoms with Crippen LogP contribution in [0.1, 0.15) is 53.6 Å². The summed E-state index contributed by atoms with van der Waals surface area (Å²) in [6, 6.07) is 10.5. The number of benzene rings is 2. The van der Waals surface area contributed by atoms with Crippen molar-refractivity contribution in [1.82, 2.24) is 14.7 Å². The standard InChI is InChI=1S/C28H29Cl2FN4O3/c1-17(36)34-8-5-19(6-9-34)28(38)35-10-7-26(23(16-35)20-3-4-24(29)25(30)14-20)33(2)27(37)21-11-18(15-32)12-22(31)13-21/h3-4,11-14,19,23,26H,5-10,16H2,1-2H3. The summed E-state index contributed by atoms with van der Waals surface area (Å²) in [6.45, 7) is 3.50. The molecule has 200 valence electrons. The Morgan fingerprint density at radius 1 is 1.00 bits per heavy atom. The van der Waals surface area contributed by atoms with E-state index in [1.54, 1.807) is 29.0 Å². The topological polar surface area (TPSA) is 84.7 Å². The van der Waals surface area contributed by atoms with Crippen LogP contribution in [0.2, 0.25) is 10.0 Å². The fraction of sp³-hybridized carbons (Fsp3) is 0.429. The first-order valence-corrected chi connectivity index (χ1v) is 13.3. The molecule has 2 heterocycles. The van der Waals surface area contributed by atoms with Crippen LogP contribution in [0.25, 0.3) is 0 Å². The highest BCUT2D eigenvalue weighted by atomic mass is 35.5. The average Bonchev–Trinajstić information content (AvgIpc) is 2.92. The molecule has 0 spiro atoms. The number of carbonyl (C=O) groups excluding carboxylic acids is 3. The lowest BCUT2D eigenvalue weighted by Crippen LogP contribution is -2.53. The number of likely N-dealkylation sites (tertiary alicyclic amines) is 2. The van der Waals surface area contributed by atoms with E-state index in [1.165, 1.54) is 13.0 Å². The molecule has 38 heavy (non-hydrogen) atoms. The highest BCUT2D eigenvalue weighted by Crippen LogP contribution is 2.35. The van der Waals surface area contributed by atoms with Crippen LogP contribution in [-0.2, 0) is 9.59 Å². The molecule has 7 nitrogen and oxygen atoms in total. The molecule has 2 aliphatic rings. The van der Waals surface area contributed by atoms with Gasteiger partial charge in [-0.3, -0.25) is 14.4 Å². The number of likely N-dealkylation sites (N-methyl/N-ethyl adjacent to an activating group) is 1. The minimum absolute atomic E-state index is 0.0179. The molecule has 2 saturated heterocycles. The molecule has 0 aromatic heterocycles. The van der Waals surface area contributed by atoms with E-state index >= 15 is 0 Å². The number of nitriles is 1. The maximum absolute atomic E-state index is 14.1. The second-order valence-electron chi connectivity index (χ2n) is 9.96. The summed E-state index contributed by atoms with van der Waals surface area (Å²) in [5.41, 5.74) is 0.997. The van der Waals surface area contributed by atoms with Crippen LogP contribution in [0.4, 0.5) is 4.39 Å². The van der Waals surface area contributed by atoms with Gasteiger partial charge >= 0.3 is 0 Å². The summed E-state index contributed by atoms with van der Waals surface area (Å²) in [6.07, 6.45) is 1.75. The van der Waals surface area contributed by atoms with Gasteiger partial charge in [-0.1, -0.05) is 29.3 Å². The molecule has 2 aliphatic heterocycles. The fourth-order valence-corrected chi connectivity index (χ4v) is 5.81. The number of halogens is 3. The predicted molar refractivity (Wildman–Crippen MR) is 142 cm³/mol. The van der Waals surface area contributed by atoms with Crippen molar-refractivity contribution >= 4 is 40.9 Å². The van der Waals surface area contributed by atoms with Crippen molar-refractivity contribution < 1.29 is 18.8 Å². The molecule has 4 rings (SSSR count). The van der Waals surface area contributed by atoms with Crippen LogP contribution in [0.5, 0.6) is 0 Å². The predicted octanol–water partition coefficient (Wildman–Crippen LogP) is 4.72. The Balaban J connectivity index is 1.58. The van der Waals surface area contributed by atoms with E-state index in [9.17, 15) is 24.0 Å². The zero-order valence-electron chi connectivity index (χ0n) is 21.3. The first-order valence-electron chi connectivity index (χ1n) is 12.6. The number of amides is 3. The second kappa shape index (κ2) is 11.7. The van der Waals surface area contributed by atoms with Gasteiger partial charge < -0.3 is 14.7 Å². The summed E-state index contributed by atoms with van der Waals surface area (Å²) >= 11 is 12.5. The summed E-state index contributed by atoms with van der Waals surface area (Å²) in [5, 5.41) is 9.98. The first-order chi connectivity index (χ1) is 18.1. The molecule has 2 aromatic carbocycles. The number of piperidine rings is 2. The lowest BCUT2D eigenvalue weighted by atomic mass is 9.83. The van der Waals surface area contributed by atoms with Crippen molar-refractivity contribution in [3.63, 3.8) is 0 Å². The minimum atomic E-state index is -0.655. The molecule has 2 unspecified atom stereocenters. The number of nitrogens with zero attached hydrogens (tertiary/aromatic N) is 4. The molecule has 0 N–H and O–H groups in total. The van der Waals surface area contributed by atoms with E-state index in [0.29, 0.717) is 55.5 Å². The third-order valence-corrected chi connectivity index (χ3v) is 8.38. The zero-order chi connectivity index (χ0) is 27.6. The Labute approximate surface area is 231 Å². The van der Waals surface area contributed by atoms with Crippen molar-refractivity contribution in [2.75, 3.05) is 33.2 Å². The van der Waals surface area contributed by atoms with Crippen LogP contribution < -0.4 is 0 Å². The van der Waals surface area contributed by atoms with Crippen molar-refractivity contribution in [2.24, 2.45) is 5.92 Å². The molecular weight excluding hydrogens is 530 g/mol. The third-order valence-electron chi connectivity index (χ3n) is 7.64. The Morgan fingerprint density at radius 3 is 2.32 bits per heavy atom. The molecule has 3 amide bonds. The minimum Gasteiger partial charge on any atom is -0.343 e. The van der Waals surface area contributed by atoms with Crippen LogP contribution in [-0.4, -0.2) is 71.7 Å². The summed E-state index contributed by atoms with van der Waals surface area (Å²) in [5.74, 6) is -1.42. The maximum Gasteiger partial charge on any atom is 0.254 e. The van der Waals surface area contributed by atoms with Crippen LogP contribution in [0, 0.1) is 23.1 Å². The van der Waals surface area contributed by atoms with Gasteiger partial charge in [0.1, 0.15) is 5.82 Å². The highest BCUT2D eigenvalue weighted by molar-refractivity contribution is 6.42. The quantitative estimate of drug-likeness (QED) is 0.543. The van der Waals surface area contributed by atoms with Gasteiger partial charge in [-0.25, -0.2) is 4.39 Å². The number of hydrogen-bond acceptors (Lipinski definition) is 4. The average molecular weight is 559 g/mol. The van der Waals surface area contributed by atoms with Crippen molar-refractivity contribution in [2.45, 2.75) is 38.1 Å². The van der Waals surface area contributed by atoms with E-state index in [0.717, 1.165) is 17.7 Å². The van der Waals surface area contributed by atoms with Gasteiger partial charge in [0, 0.05) is 63.6 Å². The van der Waals surface area contributed by atoms with Crippen molar-refractivity contribution in [3.05, 3.63) is 69.0 Å². The SMILES string of the molecule is CC(=O)N1CCC(C(=O)N2CCC(N(C)C(=O)c3cc(F)cc(C#N)c3)C(c3ccc(Cl)c(Cl)c3)C2)CC1. The lowest BCUT2D eigenvalue weighted by molar-refractivity contribution is -0.141. The Kier molecular flexibility index (Phi) is 8.59. The monoisotopic (exact) mass is 558 g/mol. The first kappa shape index (κ1) is 27.9. The third kappa shape index (κ3) is 5.95. The zero-order valence-corrected chi connectivity index (χ0v) is 22.8. The smallest absolute Gasteiger partial charge is 0.254 e. The normalized spacial score (nSPS) is 20.1. The highest BCUT2D eigenvalue weighted by Gasteiger charge is 2.39. The molecule has 0 bridgehead atoms. The van der Waals surface area contributed by atoms with Crippen LogP contribution in [0.3, 0.4) is 0 Å². The summed E-state index contributed by atoms with van der Waals surface area (Å²) < 4.78 is 14.1. The van der Waals surface area contributed by atoms with Crippen LogP contribution in [0.15, 0.2) is 36.4 Å². The van der Waals surface area contributed by atoms with Gasteiger partial charge in [-0.05, 0) is 55.2 Å². The lowest BCUT2D eigenvalue weighted by Gasteiger charge is -2.44. The van der Waals surface area contributed by atoms with Gasteiger partial charge in [-0.2, -0.15) is 5.26 Å². The molecule has 0 aliphatic carbocycles. The van der Waals surface area contributed by atoms with Crippen molar-refractivity contribution in [1.29, 1.82) is 5.26 Å². The van der Waals surface area contributed by atoms with Gasteiger partial charge in [0.25, 0.3) is 5.91 Å². The largest absolute Gasteiger partial charge is 0.343 e. The Bertz CT molecular complexity index is 1290. The van der Waals surface area contributed by atoms with Gasteiger partial charge in [0.15, 0.2) is 0 Å². The molecule has 10 heteroatoms. The van der Waals surface area contributed by atoms with Gasteiger partial charge in [-0.15, -0.1) is 0 Å².